The normalized spacial score (nSPS) is 16.5. The van der Waals surface area contributed by atoms with Gasteiger partial charge in [-0.05, 0) is 31.2 Å². The topological polar surface area (TPSA) is 118 Å². The molecule has 1 aliphatic heterocycles. The van der Waals surface area contributed by atoms with E-state index in [4.69, 9.17) is 11.6 Å². The molecule has 0 saturated carbocycles. The molecule has 0 N–H and O–H groups in total. The lowest BCUT2D eigenvalue weighted by atomic mass is 10.2. The Labute approximate surface area is 177 Å². The van der Waals surface area contributed by atoms with E-state index in [1.807, 2.05) is 0 Å². The number of nitro benzene ring substituents is 1. The maximum Gasteiger partial charge on any atom is 0.275 e. The van der Waals surface area contributed by atoms with E-state index in [0.717, 1.165) is 32.9 Å². The number of hydrogen-bond donors (Lipinski definition) is 0. The lowest BCUT2D eigenvalue weighted by Crippen LogP contribution is -2.50. The Morgan fingerprint density at radius 2 is 1.50 bits per heavy atom. The zero-order chi connectivity index (χ0) is 22.3. The van der Waals surface area contributed by atoms with E-state index in [0.29, 0.717) is 0 Å². The number of nitro groups is 1. The van der Waals surface area contributed by atoms with Gasteiger partial charge in [0.2, 0.25) is 20.0 Å². The maximum atomic E-state index is 13.4. The van der Waals surface area contributed by atoms with Crippen molar-refractivity contribution in [2.75, 3.05) is 26.2 Å². The molecule has 1 heterocycles. The number of benzene rings is 2. The Hall–Kier alpha value is -2.12. The van der Waals surface area contributed by atoms with Gasteiger partial charge in [-0.1, -0.05) is 17.7 Å². The largest absolute Gasteiger partial charge is 0.275 e. The maximum absolute atomic E-state index is 13.4. The molecule has 0 bridgehead atoms. The van der Waals surface area contributed by atoms with Gasteiger partial charge in [-0.25, -0.2) is 21.2 Å². The first-order chi connectivity index (χ1) is 13.9. The molecule has 13 heteroatoms. The van der Waals surface area contributed by atoms with Crippen molar-refractivity contribution in [1.29, 1.82) is 0 Å². The molecule has 0 aliphatic carbocycles. The predicted octanol–water partition coefficient (Wildman–Crippen LogP) is 2.39. The van der Waals surface area contributed by atoms with E-state index >= 15 is 0 Å². The Balaban J connectivity index is 1.83. The Morgan fingerprint density at radius 1 is 0.967 bits per heavy atom. The fourth-order valence-electron chi connectivity index (χ4n) is 3.05. The van der Waals surface area contributed by atoms with Crippen LogP contribution in [0.15, 0.2) is 46.2 Å². The highest BCUT2D eigenvalue weighted by Crippen LogP contribution is 2.31. The molecule has 0 aromatic heterocycles. The zero-order valence-electron chi connectivity index (χ0n) is 15.7. The van der Waals surface area contributed by atoms with Crippen LogP contribution >= 0.6 is 11.6 Å². The number of piperazine rings is 1. The minimum absolute atomic E-state index is 0.0601. The van der Waals surface area contributed by atoms with Crippen LogP contribution in [0.2, 0.25) is 5.02 Å². The summed E-state index contributed by atoms with van der Waals surface area (Å²) in [6.07, 6.45) is 0. The van der Waals surface area contributed by atoms with E-state index < -0.39 is 36.5 Å². The number of halogens is 2. The second-order valence-corrected chi connectivity index (χ2v) is 10.9. The summed E-state index contributed by atoms with van der Waals surface area (Å²) in [6, 6.07) is 6.62. The lowest BCUT2D eigenvalue weighted by Gasteiger charge is -2.33. The van der Waals surface area contributed by atoms with Crippen LogP contribution in [0.3, 0.4) is 0 Å². The average molecular weight is 478 g/mol. The minimum Gasteiger partial charge on any atom is -0.258 e. The van der Waals surface area contributed by atoms with E-state index in [1.165, 1.54) is 19.1 Å². The van der Waals surface area contributed by atoms with Crippen LogP contribution in [0.25, 0.3) is 0 Å². The predicted molar refractivity (Wildman–Crippen MR) is 107 cm³/mol. The molecule has 2 aromatic rings. The fraction of sp³-hybridized carbons (Fsp3) is 0.294. The van der Waals surface area contributed by atoms with Crippen molar-refractivity contribution < 1.29 is 26.1 Å². The van der Waals surface area contributed by atoms with Crippen molar-refractivity contribution in [1.82, 2.24) is 8.61 Å². The van der Waals surface area contributed by atoms with Gasteiger partial charge in [0.1, 0.15) is 5.82 Å². The first-order valence-corrected chi connectivity index (χ1v) is 11.9. The second-order valence-electron chi connectivity index (χ2n) is 6.57. The van der Waals surface area contributed by atoms with Gasteiger partial charge in [-0.3, -0.25) is 10.1 Å². The minimum atomic E-state index is -4.13. The zero-order valence-corrected chi connectivity index (χ0v) is 18.0. The second kappa shape index (κ2) is 8.19. The van der Waals surface area contributed by atoms with Crippen LogP contribution in [-0.4, -0.2) is 56.5 Å². The monoisotopic (exact) mass is 477 g/mol. The average Bonchev–Trinajstić information content (AvgIpc) is 2.69. The molecule has 2 aromatic carbocycles. The molecule has 30 heavy (non-hydrogen) atoms. The Bertz CT molecular complexity index is 1210. The highest BCUT2D eigenvalue weighted by Gasteiger charge is 2.35. The molecular weight excluding hydrogens is 461 g/mol. The molecule has 1 fully saturated rings. The molecule has 1 saturated heterocycles. The lowest BCUT2D eigenvalue weighted by molar-refractivity contribution is -0.385. The third kappa shape index (κ3) is 4.18. The van der Waals surface area contributed by atoms with Crippen molar-refractivity contribution in [3.05, 3.63) is 62.9 Å². The summed E-state index contributed by atoms with van der Waals surface area (Å²) in [7, 11) is -8.12. The van der Waals surface area contributed by atoms with Crippen LogP contribution in [-0.2, 0) is 20.0 Å². The molecule has 1 aliphatic rings. The number of rotatable bonds is 5. The number of sulfonamides is 2. The molecule has 0 unspecified atom stereocenters. The van der Waals surface area contributed by atoms with Gasteiger partial charge in [-0.15, -0.1) is 0 Å². The van der Waals surface area contributed by atoms with Gasteiger partial charge in [0.25, 0.3) is 5.69 Å². The van der Waals surface area contributed by atoms with E-state index in [-0.39, 0.29) is 46.6 Å². The summed E-state index contributed by atoms with van der Waals surface area (Å²) in [6.45, 7) is 0.763. The van der Waals surface area contributed by atoms with Crippen LogP contribution < -0.4 is 0 Å². The van der Waals surface area contributed by atoms with Gasteiger partial charge in [0.05, 0.1) is 19.7 Å². The molecule has 0 atom stereocenters. The summed E-state index contributed by atoms with van der Waals surface area (Å²) < 4.78 is 66.7. The molecule has 9 nitrogen and oxygen atoms in total. The van der Waals surface area contributed by atoms with Crippen molar-refractivity contribution in [3.8, 4) is 0 Å². The van der Waals surface area contributed by atoms with Gasteiger partial charge in [-0.2, -0.15) is 8.61 Å². The number of nitrogens with zero attached hydrogens (tertiary/aromatic N) is 3. The molecule has 3 rings (SSSR count). The third-order valence-corrected chi connectivity index (χ3v) is 8.92. The van der Waals surface area contributed by atoms with Gasteiger partial charge < -0.3 is 0 Å². The molecule has 162 valence electrons. The van der Waals surface area contributed by atoms with Crippen LogP contribution in [0.1, 0.15) is 5.56 Å². The first-order valence-electron chi connectivity index (χ1n) is 8.65. The molecule has 0 amide bonds. The van der Waals surface area contributed by atoms with Crippen LogP contribution in [0.5, 0.6) is 0 Å². The molecular formula is C17H17ClFN3O6S2. The van der Waals surface area contributed by atoms with Crippen molar-refractivity contribution in [3.63, 3.8) is 0 Å². The van der Waals surface area contributed by atoms with E-state index in [2.05, 4.69) is 0 Å². The van der Waals surface area contributed by atoms with Crippen molar-refractivity contribution in [2.45, 2.75) is 16.7 Å². The standard InChI is InChI=1S/C17H17ClFN3O6S2/c1-12-16(18)10-15(11-17(12)22(23)24)30(27,28)21-7-5-20(6-8-21)29(25,26)14-4-2-3-13(19)9-14/h2-4,9-11H,5-8H2,1H3. The van der Waals surface area contributed by atoms with Crippen molar-refractivity contribution >= 4 is 37.3 Å². The van der Waals surface area contributed by atoms with Crippen LogP contribution in [0, 0.1) is 22.9 Å². The fourth-order valence-corrected chi connectivity index (χ4v) is 6.26. The number of hydrogen-bond acceptors (Lipinski definition) is 6. The summed E-state index contributed by atoms with van der Waals surface area (Å²) in [5.74, 6) is -0.699. The van der Waals surface area contributed by atoms with E-state index in [1.54, 1.807) is 0 Å². The Kier molecular flexibility index (Phi) is 6.16. The van der Waals surface area contributed by atoms with Crippen molar-refractivity contribution in [2.24, 2.45) is 0 Å². The first kappa shape index (κ1) is 22.6. The van der Waals surface area contributed by atoms with Gasteiger partial charge in [0, 0.05) is 37.8 Å². The summed E-state index contributed by atoms with van der Waals surface area (Å²) in [4.78, 5) is 9.90. The van der Waals surface area contributed by atoms with E-state index in [9.17, 15) is 31.3 Å². The third-order valence-electron chi connectivity index (χ3n) is 4.76. The quantitative estimate of drug-likeness (QED) is 0.482. The smallest absolute Gasteiger partial charge is 0.258 e. The summed E-state index contributed by atoms with van der Waals surface area (Å²) >= 11 is 5.97. The molecule has 0 spiro atoms. The SMILES string of the molecule is Cc1c(Cl)cc(S(=O)(=O)N2CCN(S(=O)(=O)c3cccc(F)c3)CC2)cc1[N+](=O)[O-]. The van der Waals surface area contributed by atoms with Gasteiger partial charge in [0.15, 0.2) is 0 Å². The highest BCUT2D eigenvalue weighted by atomic mass is 35.5. The molecule has 0 radical (unpaired) electrons. The highest BCUT2D eigenvalue weighted by molar-refractivity contribution is 7.89. The Morgan fingerprint density at radius 3 is 2.00 bits per heavy atom. The van der Waals surface area contributed by atoms with Crippen LogP contribution in [0.4, 0.5) is 10.1 Å². The van der Waals surface area contributed by atoms with Gasteiger partial charge >= 0.3 is 0 Å². The summed E-state index contributed by atoms with van der Waals surface area (Å²) in [5.41, 5.74) is -0.278. The summed E-state index contributed by atoms with van der Waals surface area (Å²) in [5, 5.41) is 11.1.